The highest BCUT2D eigenvalue weighted by Crippen LogP contribution is 2.38. The topological polar surface area (TPSA) is 132 Å². The number of nitrogens with one attached hydrogen (secondary N) is 3. The molecule has 2 fully saturated rings. The fraction of sp³-hybridized carbons (Fsp3) is 0.458. The number of aliphatic hydroxyl groups excluding tert-OH is 1. The average molecular weight is 823 g/mol. The summed E-state index contributed by atoms with van der Waals surface area (Å²) in [7, 11) is -2.72. The predicted octanol–water partition coefficient (Wildman–Crippen LogP) is 7.45. The van der Waals surface area contributed by atoms with Crippen LogP contribution in [0.15, 0.2) is 109 Å². The normalized spacial score (nSPS) is 15.4. The Morgan fingerprint density at radius 3 is 1.98 bits per heavy atom. The van der Waals surface area contributed by atoms with Crippen molar-refractivity contribution >= 4 is 36.9 Å². The van der Waals surface area contributed by atoms with Gasteiger partial charge in [0, 0.05) is 37.9 Å². The van der Waals surface area contributed by atoms with E-state index in [0.29, 0.717) is 18.3 Å². The quantitative estimate of drug-likeness (QED) is 0.0398. The van der Waals surface area contributed by atoms with E-state index in [1.54, 1.807) is 0 Å². The number of urea groups is 1. The van der Waals surface area contributed by atoms with Gasteiger partial charge >= 0.3 is 14.3 Å². The molecule has 0 spiro atoms. The van der Waals surface area contributed by atoms with Crippen molar-refractivity contribution in [3.63, 3.8) is 0 Å². The number of amides is 2. The molecule has 4 aromatic carbocycles. The number of carboxylic acid groups (broad SMARTS) is 1. The molecule has 1 heterocycles. The highest BCUT2D eigenvalue weighted by Gasteiger charge is 2.52. The van der Waals surface area contributed by atoms with Gasteiger partial charge in [-0.1, -0.05) is 119 Å². The molecule has 4 aromatic rings. The lowest BCUT2D eigenvalue weighted by atomic mass is 10.0. The molecule has 2 aliphatic rings. The standard InChI is InChI=1S/C47H64N4O4Si.CH2O2/c1-47(2,3)56(44-16-6-4-7-17-44,45-18-8-5-9-19-45)55-43-26-24-42(25-27-43)54-36-41(52)35-48-32-28-38-20-22-39(23-21-38)50-40-29-33-51(34-30-40)46(53)49-31-12-15-37-13-10-11-14-37;2-1-3/h4-9,16-27,37,40-41,48,50,52H,10-15,28-36H2,1-3H3,(H,49,53);1H,(H,2,3)/t41-;/m0./s1. The van der Waals surface area contributed by atoms with Crippen molar-refractivity contribution in [2.75, 3.05) is 44.6 Å². The minimum Gasteiger partial charge on any atom is -0.534 e. The second-order valence-corrected chi connectivity index (χ2v) is 21.1. The van der Waals surface area contributed by atoms with E-state index in [2.05, 4.69) is 122 Å². The van der Waals surface area contributed by atoms with Crippen LogP contribution in [0.4, 0.5) is 10.5 Å². The van der Waals surface area contributed by atoms with Gasteiger partial charge in [0.2, 0.25) is 0 Å². The Hall–Kier alpha value is -4.84. The van der Waals surface area contributed by atoms with Crippen LogP contribution in [0, 0.1) is 5.92 Å². The Morgan fingerprint density at radius 1 is 0.831 bits per heavy atom. The van der Waals surface area contributed by atoms with Crippen LogP contribution in [0.5, 0.6) is 11.5 Å². The zero-order valence-corrected chi connectivity index (χ0v) is 36.3. The monoisotopic (exact) mass is 822 g/mol. The lowest BCUT2D eigenvalue weighted by Crippen LogP contribution is -2.68. The molecule has 1 aliphatic heterocycles. The van der Waals surface area contributed by atoms with Crippen molar-refractivity contribution in [2.24, 2.45) is 5.92 Å². The van der Waals surface area contributed by atoms with Gasteiger partial charge in [0.1, 0.15) is 24.2 Å². The number of hydrogen-bond donors (Lipinski definition) is 5. The summed E-state index contributed by atoms with van der Waals surface area (Å²) in [6.07, 6.45) is 10.0. The molecule has 5 N–H and O–H groups in total. The molecule has 1 aliphatic carbocycles. The molecule has 0 unspecified atom stereocenters. The van der Waals surface area contributed by atoms with Crippen molar-refractivity contribution in [1.82, 2.24) is 15.5 Å². The van der Waals surface area contributed by atoms with Crippen LogP contribution >= 0.6 is 0 Å². The first-order chi connectivity index (χ1) is 28.6. The number of piperidine rings is 1. The number of ether oxygens (including phenoxy) is 1. The third kappa shape index (κ3) is 13.6. The summed E-state index contributed by atoms with van der Waals surface area (Å²) in [5.41, 5.74) is 2.36. The summed E-state index contributed by atoms with van der Waals surface area (Å²) in [6, 6.07) is 38.1. The third-order valence-corrected chi connectivity index (χ3v) is 16.5. The van der Waals surface area contributed by atoms with Crippen molar-refractivity contribution in [3.05, 3.63) is 115 Å². The molecule has 2 amide bonds. The molecule has 1 atom stereocenters. The van der Waals surface area contributed by atoms with Gasteiger partial charge in [-0.3, -0.25) is 4.79 Å². The molecule has 318 valence electrons. The first kappa shape index (κ1) is 45.2. The van der Waals surface area contributed by atoms with Gasteiger partial charge in [-0.15, -0.1) is 0 Å². The van der Waals surface area contributed by atoms with Crippen LogP contribution in [0.2, 0.25) is 5.04 Å². The van der Waals surface area contributed by atoms with Gasteiger partial charge in [-0.25, -0.2) is 4.79 Å². The summed E-state index contributed by atoms with van der Waals surface area (Å²) in [6.45, 7) is 10.4. The van der Waals surface area contributed by atoms with E-state index in [0.717, 1.165) is 69.2 Å². The molecular formula is C48H66N4O6Si. The van der Waals surface area contributed by atoms with Crippen molar-refractivity contribution < 1.29 is 29.0 Å². The summed E-state index contributed by atoms with van der Waals surface area (Å²) in [4.78, 5) is 23.0. The minimum atomic E-state index is -2.72. The number of nitrogens with zero attached hydrogens (tertiary/aromatic N) is 1. The number of benzene rings is 4. The highest BCUT2D eigenvalue weighted by molar-refractivity contribution is 7.00. The van der Waals surface area contributed by atoms with E-state index in [1.807, 2.05) is 29.2 Å². The highest BCUT2D eigenvalue weighted by atomic mass is 28.4. The zero-order chi connectivity index (χ0) is 41.9. The summed E-state index contributed by atoms with van der Waals surface area (Å²) in [5.74, 6) is 2.38. The van der Waals surface area contributed by atoms with Crippen molar-refractivity contribution in [1.29, 1.82) is 0 Å². The van der Waals surface area contributed by atoms with Gasteiger partial charge in [0.25, 0.3) is 6.47 Å². The van der Waals surface area contributed by atoms with E-state index in [9.17, 15) is 9.90 Å². The Morgan fingerprint density at radius 2 is 1.41 bits per heavy atom. The number of carbonyl (C=O) groups is 2. The maximum absolute atomic E-state index is 12.6. The average Bonchev–Trinajstić information content (AvgIpc) is 3.78. The lowest BCUT2D eigenvalue weighted by Gasteiger charge is -2.43. The fourth-order valence-electron chi connectivity index (χ4n) is 8.41. The summed E-state index contributed by atoms with van der Waals surface area (Å²) >= 11 is 0. The van der Waals surface area contributed by atoms with Crippen LogP contribution in [-0.2, 0) is 11.2 Å². The van der Waals surface area contributed by atoms with Gasteiger partial charge in [-0.2, -0.15) is 0 Å². The number of anilines is 1. The first-order valence-electron chi connectivity index (χ1n) is 21.5. The van der Waals surface area contributed by atoms with Gasteiger partial charge < -0.3 is 40.2 Å². The van der Waals surface area contributed by atoms with E-state index in [-0.39, 0.29) is 24.1 Å². The Kier molecular flexibility index (Phi) is 17.7. The van der Waals surface area contributed by atoms with Crippen LogP contribution in [-0.4, -0.2) is 87.4 Å². The SMILES string of the molecule is CC(C)(C)[Si](Oc1ccc(OC[C@@H](O)CNCCc2ccc(NC3CCN(C(=O)NCCCC4CCCC4)CC3)cc2)cc1)(c1ccccc1)c1ccccc1.O=CO. The van der Waals surface area contributed by atoms with Gasteiger partial charge in [0.15, 0.2) is 0 Å². The van der Waals surface area contributed by atoms with Gasteiger partial charge in [-0.05, 0) is 102 Å². The van der Waals surface area contributed by atoms with E-state index in [4.69, 9.17) is 19.1 Å². The minimum absolute atomic E-state index is 0.0939. The third-order valence-electron chi connectivity index (χ3n) is 11.6. The lowest BCUT2D eigenvalue weighted by molar-refractivity contribution is -0.122. The molecule has 10 nitrogen and oxygen atoms in total. The van der Waals surface area contributed by atoms with Crippen LogP contribution in [0.1, 0.15) is 77.7 Å². The van der Waals surface area contributed by atoms with Crippen molar-refractivity contribution in [2.45, 2.75) is 95.7 Å². The number of carbonyl (C=O) groups excluding carboxylic acids is 1. The molecule has 0 radical (unpaired) electrons. The first-order valence-corrected chi connectivity index (χ1v) is 23.4. The van der Waals surface area contributed by atoms with Crippen molar-refractivity contribution in [3.8, 4) is 11.5 Å². The molecule has 1 saturated heterocycles. The second kappa shape index (κ2) is 23.1. The molecule has 1 saturated carbocycles. The van der Waals surface area contributed by atoms with Crippen LogP contribution < -0.4 is 35.5 Å². The Bertz CT molecular complexity index is 1750. The van der Waals surface area contributed by atoms with E-state index < -0.39 is 14.4 Å². The zero-order valence-electron chi connectivity index (χ0n) is 35.3. The van der Waals surface area contributed by atoms with Crippen LogP contribution in [0.25, 0.3) is 0 Å². The fourth-order valence-corrected chi connectivity index (χ4v) is 12.8. The molecule has 6 rings (SSSR count). The maximum atomic E-state index is 12.6. The largest absolute Gasteiger partial charge is 0.534 e. The second-order valence-electron chi connectivity index (χ2n) is 16.9. The predicted molar refractivity (Wildman–Crippen MR) is 241 cm³/mol. The molecule has 59 heavy (non-hydrogen) atoms. The maximum Gasteiger partial charge on any atom is 0.319 e. The molecule has 0 bridgehead atoms. The van der Waals surface area contributed by atoms with E-state index in [1.165, 1.54) is 48.0 Å². The molecule has 0 aromatic heterocycles. The van der Waals surface area contributed by atoms with Crippen LogP contribution in [0.3, 0.4) is 0 Å². The Balaban J connectivity index is 0.00000214. The molecular weight excluding hydrogens is 757 g/mol. The van der Waals surface area contributed by atoms with Gasteiger partial charge in [0.05, 0.1) is 0 Å². The molecule has 11 heteroatoms. The number of rotatable bonds is 18. The smallest absolute Gasteiger partial charge is 0.319 e. The van der Waals surface area contributed by atoms with E-state index >= 15 is 0 Å². The summed E-state index contributed by atoms with van der Waals surface area (Å²) < 4.78 is 13.1. The Labute approximate surface area is 352 Å². The number of hydrogen-bond acceptors (Lipinski definition) is 7. The number of likely N-dealkylation sites (tertiary alicyclic amines) is 1. The summed E-state index contributed by atoms with van der Waals surface area (Å²) in [5, 5.41) is 30.0. The number of aliphatic hydroxyl groups is 1.